The average Bonchev–Trinajstić information content (AvgIpc) is 2.90. The SMILES string of the molecule is CCc1ccc(NC(=O)C2CC(=O)N(CCCOC)C2)cc1. The molecule has 5 nitrogen and oxygen atoms in total. The second kappa shape index (κ2) is 7.94. The third-order valence-electron chi connectivity index (χ3n) is 3.99. The Morgan fingerprint density at radius 1 is 1.36 bits per heavy atom. The van der Waals surface area contributed by atoms with E-state index in [1.807, 2.05) is 24.3 Å². The van der Waals surface area contributed by atoms with Crippen LogP contribution in [-0.4, -0.2) is 43.5 Å². The van der Waals surface area contributed by atoms with Gasteiger partial charge in [-0.1, -0.05) is 19.1 Å². The molecule has 1 atom stereocenters. The van der Waals surface area contributed by atoms with Crippen LogP contribution >= 0.6 is 0 Å². The van der Waals surface area contributed by atoms with Crippen LogP contribution in [0.15, 0.2) is 24.3 Å². The van der Waals surface area contributed by atoms with Crippen LogP contribution in [0, 0.1) is 5.92 Å². The molecule has 0 radical (unpaired) electrons. The number of amides is 2. The van der Waals surface area contributed by atoms with Gasteiger partial charge in [0.25, 0.3) is 0 Å². The number of methoxy groups -OCH3 is 1. The number of hydrogen-bond donors (Lipinski definition) is 1. The Morgan fingerprint density at radius 2 is 2.09 bits per heavy atom. The Labute approximate surface area is 131 Å². The zero-order valence-corrected chi connectivity index (χ0v) is 13.3. The topological polar surface area (TPSA) is 58.6 Å². The Kier molecular flexibility index (Phi) is 5.95. The quantitative estimate of drug-likeness (QED) is 0.785. The molecule has 1 heterocycles. The highest BCUT2D eigenvalue weighted by atomic mass is 16.5. The van der Waals surface area contributed by atoms with Crippen molar-refractivity contribution in [1.29, 1.82) is 0 Å². The van der Waals surface area contributed by atoms with E-state index in [0.717, 1.165) is 18.5 Å². The van der Waals surface area contributed by atoms with Crippen LogP contribution < -0.4 is 5.32 Å². The van der Waals surface area contributed by atoms with Crippen LogP contribution in [0.5, 0.6) is 0 Å². The summed E-state index contributed by atoms with van der Waals surface area (Å²) in [6.45, 7) is 3.88. The predicted molar refractivity (Wildman–Crippen MR) is 85.6 cm³/mol. The van der Waals surface area contributed by atoms with Crippen LogP contribution in [0.2, 0.25) is 0 Å². The molecule has 1 unspecified atom stereocenters. The van der Waals surface area contributed by atoms with Crippen molar-refractivity contribution in [3.05, 3.63) is 29.8 Å². The van der Waals surface area contributed by atoms with Crippen molar-refractivity contribution >= 4 is 17.5 Å². The standard InChI is InChI=1S/C17H24N2O3/c1-3-13-5-7-15(8-6-13)18-17(21)14-11-16(20)19(12-14)9-4-10-22-2/h5-8,14H,3-4,9-12H2,1-2H3,(H,18,21). The number of likely N-dealkylation sites (tertiary alicyclic amines) is 1. The van der Waals surface area contributed by atoms with Gasteiger partial charge < -0.3 is 15.0 Å². The minimum absolute atomic E-state index is 0.0533. The van der Waals surface area contributed by atoms with Crippen LogP contribution in [0.25, 0.3) is 0 Å². The maximum absolute atomic E-state index is 12.3. The van der Waals surface area contributed by atoms with Crippen molar-refractivity contribution in [1.82, 2.24) is 4.90 Å². The summed E-state index contributed by atoms with van der Waals surface area (Å²) in [6.07, 6.45) is 2.07. The number of rotatable bonds is 7. The van der Waals surface area contributed by atoms with Crippen molar-refractivity contribution in [2.24, 2.45) is 5.92 Å². The molecule has 1 aromatic rings. The number of hydrogen-bond acceptors (Lipinski definition) is 3. The molecule has 0 bridgehead atoms. The predicted octanol–water partition coefficient (Wildman–Crippen LogP) is 2.07. The van der Waals surface area contributed by atoms with Gasteiger partial charge in [-0.15, -0.1) is 0 Å². The summed E-state index contributed by atoms with van der Waals surface area (Å²) in [7, 11) is 1.64. The summed E-state index contributed by atoms with van der Waals surface area (Å²) in [4.78, 5) is 26.0. The van der Waals surface area contributed by atoms with Crippen molar-refractivity contribution in [3.8, 4) is 0 Å². The normalized spacial score (nSPS) is 17.8. The van der Waals surface area contributed by atoms with Crippen molar-refractivity contribution in [2.45, 2.75) is 26.2 Å². The van der Waals surface area contributed by atoms with Gasteiger partial charge in [0.1, 0.15) is 0 Å². The fourth-order valence-electron chi connectivity index (χ4n) is 2.63. The number of carbonyl (C=O) groups excluding carboxylic acids is 2. The lowest BCUT2D eigenvalue weighted by molar-refractivity contribution is -0.128. The average molecular weight is 304 g/mol. The van der Waals surface area contributed by atoms with E-state index in [2.05, 4.69) is 12.2 Å². The molecule has 1 aliphatic heterocycles. The molecule has 1 aliphatic rings. The molecule has 0 spiro atoms. The van der Waals surface area contributed by atoms with Gasteiger partial charge in [-0.2, -0.15) is 0 Å². The number of nitrogens with one attached hydrogen (secondary N) is 1. The number of carbonyl (C=O) groups is 2. The van der Waals surface area contributed by atoms with Crippen LogP contribution in [0.4, 0.5) is 5.69 Å². The minimum Gasteiger partial charge on any atom is -0.385 e. The Bertz CT molecular complexity index is 513. The zero-order valence-electron chi connectivity index (χ0n) is 13.3. The summed E-state index contributed by atoms with van der Waals surface area (Å²) in [6, 6.07) is 7.83. The molecule has 120 valence electrons. The molecule has 2 rings (SSSR count). The Balaban J connectivity index is 1.86. The molecule has 5 heteroatoms. The molecule has 0 aliphatic carbocycles. The molecule has 1 N–H and O–H groups in total. The number of ether oxygens (including phenoxy) is 1. The maximum atomic E-state index is 12.3. The first kappa shape index (κ1) is 16.5. The number of benzene rings is 1. The maximum Gasteiger partial charge on any atom is 0.229 e. The summed E-state index contributed by atoms with van der Waals surface area (Å²) >= 11 is 0. The molecule has 0 aromatic heterocycles. The van der Waals surface area contributed by atoms with E-state index in [9.17, 15) is 9.59 Å². The summed E-state index contributed by atoms with van der Waals surface area (Å²) < 4.78 is 4.99. The first-order valence-electron chi connectivity index (χ1n) is 7.80. The van der Waals surface area contributed by atoms with Crippen LogP contribution in [0.1, 0.15) is 25.3 Å². The van der Waals surface area contributed by atoms with Gasteiger partial charge in [0.2, 0.25) is 11.8 Å². The van der Waals surface area contributed by atoms with E-state index >= 15 is 0 Å². The molecule has 22 heavy (non-hydrogen) atoms. The third kappa shape index (κ3) is 4.31. The molecule has 1 saturated heterocycles. The van der Waals surface area contributed by atoms with Gasteiger partial charge in [0.15, 0.2) is 0 Å². The van der Waals surface area contributed by atoms with E-state index in [4.69, 9.17) is 4.74 Å². The first-order chi connectivity index (χ1) is 10.6. The van der Waals surface area contributed by atoms with E-state index in [0.29, 0.717) is 26.1 Å². The minimum atomic E-state index is -0.263. The highest BCUT2D eigenvalue weighted by molar-refractivity contribution is 5.97. The van der Waals surface area contributed by atoms with Gasteiger partial charge in [-0.25, -0.2) is 0 Å². The summed E-state index contributed by atoms with van der Waals surface area (Å²) in [5.41, 5.74) is 2.02. The zero-order chi connectivity index (χ0) is 15.9. The second-order valence-corrected chi connectivity index (χ2v) is 5.63. The lowest BCUT2D eigenvalue weighted by Gasteiger charge is -2.16. The van der Waals surface area contributed by atoms with Crippen LogP contribution in [-0.2, 0) is 20.7 Å². The van der Waals surface area contributed by atoms with Gasteiger partial charge in [-0.3, -0.25) is 9.59 Å². The lowest BCUT2D eigenvalue weighted by atomic mass is 10.1. The van der Waals surface area contributed by atoms with Gasteiger partial charge >= 0.3 is 0 Å². The fourth-order valence-corrected chi connectivity index (χ4v) is 2.63. The van der Waals surface area contributed by atoms with Crippen molar-refractivity contribution in [2.75, 3.05) is 32.1 Å². The van der Waals surface area contributed by atoms with E-state index < -0.39 is 0 Å². The van der Waals surface area contributed by atoms with E-state index in [1.165, 1.54) is 5.56 Å². The summed E-state index contributed by atoms with van der Waals surface area (Å²) in [5, 5.41) is 2.90. The molecule has 0 saturated carbocycles. The number of nitrogens with zero attached hydrogens (tertiary/aromatic N) is 1. The molecule has 1 fully saturated rings. The molecular formula is C17H24N2O3. The second-order valence-electron chi connectivity index (χ2n) is 5.63. The molecule has 2 amide bonds. The Morgan fingerprint density at radius 3 is 2.73 bits per heavy atom. The van der Waals surface area contributed by atoms with Crippen LogP contribution in [0.3, 0.4) is 0 Å². The lowest BCUT2D eigenvalue weighted by Crippen LogP contribution is -2.29. The monoisotopic (exact) mass is 304 g/mol. The highest BCUT2D eigenvalue weighted by Gasteiger charge is 2.33. The largest absolute Gasteiger partial charge is 0.385 e. The van der Waals surface area contributed by atoms with Gasteiger partial charge in [0, 0.05) is 38.9 Å². The molecule has 1 aromatic carbocycles. The molecular weight excluding hydrogens is 280 g/mol. The van der Waals surface area contributed by atoms with Gasteiger partial charge in [0.05, 0.1) is 5.92 Å². The first-order valence-corrected chi connectivity index (χ1v) is 7.80. The Hall–Kier alpha value is -1.88. The van der Waals surface area contributed by atoms with E-state index in [-0.39, 0.29) is 17.7 Å². The smallest absolute Gasteiger partial charge is 0.229 e. The number of aryl methyl sites for hydroxylation is 1. The third-order valence-corrected chi connectivity index (χ3v) is 3.99. The van der Waals surface area contributed by atoms with Gasteiger partial charge in [-0.05, 0) is 30.5 Å². The van der Waals surface area contributed by atoms with Crippen molar-refractivity contribution < 1.29 is 14.3 Å². The van der Waals surface area contributed by atoms with E-state index in [1.54, 1.807) is 12.0 Å². The number of anilines is 1. The summed E-state index contributed by atoms with van der Waals surface area (Å²) in [5.74, 6) is -0.287. The highest BCUT2D eigenvalue weighted by Crippen LogP contribution is 2.20. The fraction of sp³-hybridized carbons (Fsp3) is 0.529. The van der Waals surface area contributed by atoms with Crippen molar-refractivity contribution in [3.63, 3.8) is 0 Å².